The van der Waals surface area contributed by atoms with Crippen LogP contribution in [0.4, 0.5) is 0 Å². The Bertz CT molecular complexity index is 449. The van der Waals surface area contributed by atoms with Crippen molar-refractivity contribution in [2.75, 3.05) is 0 Å². The van der Waals surface area contributed by atoms with Crippen LogP contribution in [0, 0.1) is 0 Å². The molecule has 0 amide bonds. The van der Waals surface area contributed by atoms with E-state index in [0.717, 1.165) is 4.47 Å². The van der Waals surface area contributed by atoms with Gasteiger partial charge in [-0.05, 0) is 34.1 Å². The molecule has 0 aliphatic heterocycles. The molecule has 5 heteroatoms. The Morgan fingerprint density at radius 3 is 2.86 bits per heavy atom. The highest BCUT2D eigenvalue weighted by atomic mass is 79.9. The van der Waals surface area contributed by atoms with E-state index in [1.54, 1.807) is 6.20 Å². The average Bonchev–Trinajstić information content (AvgIpc) is 2.67. The summed E-state index contributed by atoms with van der Waals surface area (Å²) < 4.78 is 5.78. The van der Waals surface area contributed by atoms with Crippen molar-refractivity contribution in [2.45, 2.75) is 0 Å². The summed E-state index contributed by atoms with van der Waals surface area (Å²) >= 11 is 3.29. The molecule has 14 heavy (non-hydrogen) atoms. The normalized spacial score (nSPS) is 10.1. The molecule has 0 bridgehead atoms. The molecule has 2 heterocycles. The summed E-state index contributed by atoms with van der Waals surface area (Å²) in [4.78, 5) is 8.18. The monoisotopic (exact) mass is 251 g/mol. The van der Waals surface area contributed by atoms with Crippen molar-refractivity contribution in [3.63, 3.8) is 0 Å². The molecule has 0 fully saturated rings. The number of rotatable bonds is 2. The lowest BCUT2D eigenvalue weighted by atomic mass is 10.3. The fraction of sp³-hybridized carbons (Fsp3) is 0. The molecule has 0 atom stereocenters. The van der Waals surface area contributed by atoms with Gasteiger partial charge in [0.2, 0.25) is 11.7 Å². The van der Waals surface area contributed by atoms with E-state index in [0.29, 0.717) is 17.4 Å². The summed E-state index contributed by atoms with van der Waals surface area (Å²) in [7, 11) is 0. The lowest BCUT2D eigenvalue weighted by molar-refractivity contribution is 0.411. The Morgan fingerprint density at radius 2 is 2.29 bits per heavy atom. The van der Waals surface area contributed by atoms with E-state index in [1.807, 2.05) is 12.1 Å². The zero-order chi connectivity index (χ0) is 9.97. The number of pyridine rings is 1. The minimum absolute atomic E-state index is 0.393. The first-order chi connectivity index (χ1) is 6.79. The lowest BCUT2D eigenvalue weighted by Gasteiger charge is -1.92. The molecule has 2 aromatic heterocycles. The third kappa shape index (κ3) is 1.72. The zero-order valence-electron chi connectivity index (χ0n) is 7.14. The minimum Gasteiger partial charge on any atom is -0.334 e. The van der Waals surface area contributed by atoms with E-state index in [2.05, 4.69) is 37.6 Å². The third-order valence-electron chi connectivity index (χ3n) is 1.57. The predicted octanol–water partition coefficient (Wildman–Crippen LogP) is 2.54. The summed E-state index contributed by atoms with van der Waals surface area (Å²) in [5, 5.41) is 3.75. The van der Waals surface area contributed by atoms with Gasteiger partial charge >= 0.3 is 0 Å². The van der Waals surface area contributed by atoms with Crippen LogP contribution < -0.4 is 0 Å². The van der Waals surface area contributed by atoms with E-state index in [-0.39, 0.29) is 0 Å². The van der Waals surface area contributed by atoms with Gasteiger partial charge in [-0.15, -0.1) is 0 Å². The topological polar surface area (TPSA) is 51.8 Å². The van der Waals surface area contributed by atoms with Crippen LogP contribution in [-0.4, -0.2) is 15.1 Å². The fourth-order valence-electron chi connectivity index (χ4n) is 0.930. The highest BCUT2D eigenvalue weighted by Crippen LogP contribution is 2.15. The van der Waals surface area contributed by atoms with Gasteiger partial charge in [-0.1, -0.05) is 11.7 Å². The maximum atomic E-state index is 4.87. The molecule has 0 saturated carbocycles. The number of hydrogen-bond acceptors (Lipinski definition) is 4. The smallest absolute Gasteiger partial charge is 0.250 e. The van der Waals surface area contributed by atoms with Gasteiger partial charge in [0.1, 0.15) is 5.69 Å². The van der Waals surface area contributed by atoms with Crippen molar-refractivity contribution in [3.8, 4) is 11.5 Å². The molecule has 4 nitrogen and oxygen atoms in total. The van der Waals surface area contributed by atoms with Crippen LogP contribution >= 0.6 is 15.9 Å². The fourth-order valence-corrected chi connectivity index (χ4v) is 1.16. The molecule has 70 valence electrons. The van der Waals surface area contributed by atoms with E-state index in [4.69, 9.17) is 4.52 Å². The number of aromatic nitrogens is 3. The van der Waals surface area contributed by atoms with Gasteiger partial charge in [0.05, 0.1) is 0 Å². The van der Waals surface area contributed by atoms with E-state index in [9.17, 15) is 0 Å². The van der Waals surface area contributed by atoms with Gasteiger partial charge in [0.15, 0.2) is 0 Å². The second-order valence-corrected chi connectivity index (χ2v) is 3.44. The van der Waals surface area contributed by atoms with Crippen LogP contribution in [-0.2, 0) is 0 Å². The van der Waals surface area contributed by atoms with E-state index < -0.39 is 0 Å². The maximum absolute atomic E-state index is 4.87. The molecule has 0 aromatic carbocycles. The van der Waals surface area contributed by atoms with Gasteiger partial charge in [-0.3, -0.25) is 4.98 Å². The molecule has 0 aliphatic rings. The quantitative estimate of drug-likeness (QED) is 0.824. The highest BCUT2D eigenvalue weighted by molar-refractivity contribution is 9.10. The number of nitrogens with zero attached hydrogens (tertiary/aromatic N) is 3. The molecule has 0 N–H and O–H groups in total. The summed E-state index contributed by atoms with van der Waals surface area (Å²) in [6.07, 6.45) is 3.18. The summed E-state index contributed by atoms with van der Waals surface area (Å²) in [5.41, 5.74) is 0.671. The molecule has 0 aliphatic carbocycles. The van der Waals surface area contributed by atoms with Crippen molar-refractivity contribution in [2.24, 2.45) is 0 Å². The summed E-state index contributed by atoms with van der Waals surface area (Å²) in [6.45, 7) is 3.53. The number of halogens is 1. The molecule has 0 spiro atoms. The SMILES string of the molecule is C=Cc1nc(-c2ccc(Br)cn2)no1. The lowest BCUT2D eigenvalue weighted by Crippen LogP contribution is -1.84. The second-order valence-electron chi connectivity index (χ2n) is 2.52. The van der Waals surface area contributed by atoms with Gasteiger partial charge in [0.25, 0.3) is 0 Å². The molecule has 0 unspecified atom stereocenters. The zero-order valence-corrected chi connectivity index (χ0v) is 8.73. The van der Waals surface area contributed by atoms with Crippen molar-refractivity contribution in [3.05, 3.63) is 35.3 Å². The van der Waals surface area contributed by atoms with E-state index >= 15 is 0 Å². The molecule has 0 saturated heterocycles. The molecule has 2 aromatic rings. The van der Waals surface area contributed by atoms with Crippen LogP contribution in [0.5, 0.6) is 0 Å². The molecule has 0 radical (unpaired) electrons. The van der Waals surface area contributed by atoms with Crippen LogP contribution in [0.25, 0.3) is 17.6 Å². The van der Waals surface area contributed by atoms with Crippen molar-refractivity contribution in [1.29, 1.82) is 0 Å². The largest absolute Gasteiger partial charge is 0.334 e. The molecule has 2 rings (SSSR count). The maximum Gasteiger partial charge on any atom is 0.250 e. The van der Waals surface area contributed by atoms with E-state index in [1.165, 1.54) is 6.08 Å². The van der Waals surface area contributed by atoms with Gasteiger partial charge in [-0.25, -0.2) is 0 Å². The van der Waals surface area contributed by atoms with Crippen LogP contribution in [0.15, 0.2) is 33.9 Å². The summed E-state index contributed by atoms with van der Waals surface area (Å²) in [6, 6.07) is 3.67. The number of hydrogen-bond donors (Lipinski definition) is 0. The van der Waals surface area contributed by atoms with Gasteiger partial charge in [-0.2, -0.15) is 4.98 Å². The standard InChI is InChI=1S/C9H6BrN3O/c1-2-8-12-9(13-14-8)7-4-3-6(10)5-11-7/h2-5H,1H2. The molecular formula is C9H6BrN3O. The highest BCUT2D eigenvalue weighted by Gasteiger charge is 2.06. The Hall–Kier alpha value is -1.49. The second kappa shape index (κ2) is 3.71. The first-order valence-corrected chi connectivity index (χ1v) is 4.67. The Morgan fingerprint density at radius 1 is 1.43 bits per heavy atom. The van der Waals surface area contributed by atoms with Crippen LogP contribution in [0.2, 0.25) is 0 Å². The van der Waals surface area contributed by atoms with Crippen molar-refractivity contribution >= 4 is 22.0 Å². The van der Waals surface area contributed by atoms with Crippen LogP contribution in [0.1, 0.15) is 5.89 Å². The molecular weight excluding hydrogens is 246 g/mol. The summed E-state index contributed by atoms with van der Waals surface area (Å²) in [5.74, 6) is 0.858. The van der Waals surface area contributed by atoms with Gasteiger partial charge in [0, 0.05) is 10.7 Å². The first-order valence-electron chi connectivity index (χ1n) is 3.87. The average molecular weight is 252 g/mol. The van der Waals surface area contributed by atoms with Crippen molar-refractivity contribution < 1.29 is 4.52 Å². The Labute approximate surface area is 88.8 Å². The third-order valence-corrected chi connectivity index (χ3v) is 2.04. The van der Waals surface area contributed by atoms with Gasteiger partial charge < -0.3 is 4.52 Å². The Kier molecular flexibility index (Phi) is 2.41. The first kappa shape index (κ1) is 9.08. The van der Waals surface area contributed by atoms with Crippen molar-refractivity contribution in [1.82, 2.24) is 15.1 Å². The van der Waals surface area contributed by atoms with Crippen LogP contribution in [0.3, 0.4) is 0 Å². The minimum atomic E-state index is 0.393. The predicted molar refractivity (Wildman–Crippen MR) is 55.3 cm³/mol. The Balaban J connectivity index is 2.39.